The Kier molecular flexibility index (Phi) is 4.24. The summed E-state index contributed by atoms with van der Waals surface area (Å²) in [6, 6.07) is 5.88. The lowest BCUT2D eigenvalue weighted by atomic mass is 10.4. The van der Waals surface area contributed by atoms with Crippen molar-refractivity contribution in [2.45, 2.75) is 6.54 Å². The quantitative estimate of drug-likeness (QED) is 0.761. The highest BCUT2D eigenvalue weighted by molar-refractivity contribution is 9.10. The number of nitrogens with one attached hydrogen (secondary N) is 1. The van der Waals surface area contributed by atoms with E-state index in [0.717, 1.165) is 25.6 Å². The Hall–Kier alpha value is -0.100. The van der Waals surface area contributed by atoms with Crippen LogP contribution >= 0.6 is 54.8 Å². The molecule has 2 rings (SSSR count). The molecule has 0 radical (unpaired) electrons. The van der Waals surface area contributed by atoms with Crippen LogP contribution in [0, 0.1) is 0 Å². The molecule has 0 saturated carbocycles. The highest BCUT2D eigenvalue weighted by atomic mass is 79.9. The van der Waals surface area contributed by atoms with Crippen LogP contribution in [0.25, 0.3) is 0 Å². The molecule has 0 bridgehead atoms. The van der Waals surface area contributed by atoms with Crippen LogP contribution in [0.15, 0.2) is 33.5 Å². The van der Waals surface area contributed by atoms with E-state index in [-0.39, 0.29) is 0 Å². The predicted octanol–water partition coefficient (Wildman–Crippen LogP) is 4.93. The van der Waals surface area contributed by atoms with Crippen LogP contribution in [0.3, 0.4) is 0 Å². The molecule has 16 heavy (non-hydrogen) atoms. The van der Waals surface area contributed by atoms with Crippen molar-refractivity contribution in [1.29, 1.82) is 0 Å². The van der Waals surface area contributed by atoms with Crippen LogP contribution in [0.5, 0.6) is 0 Å². The number of hydrogen-bond acceptors (Lipinski definition) is 3. The second kappa shape index (κ2) is 5.49. The number of halogens is 3. The minimum atomic E-state index is 0.736. The van der Waals surface area contributed by atoms with Gasteiger partial charge in [-0.1, -0.05) is 11.6 Å². The molecule has 2 heterocycles. The second-order valence-corrected chi connectivity index (χ2v) is 6.37. The zero-order valence-corrected chi connectivity index (χ0v) is 12.8. The van der Waals surface area contributed by atoms with Crippen molar-refractivity contribution >= 4 is 60.5 Å². The molecule has 6 heteroatoms. The van der Waals surface area contributed by atoms with E-state index < -0.39 is 0 Å². The van der Waals surface area contributed by atoms with Crippen molar-refractivity contribution < 1.29 is 0 Å². The van der Waals surface area contributed by atoms with Gasteiger partial charge in [-0.25, -0.2) is 4.98 Å². The van der Waals surface area contributed by atoms with Gasteiger partial charge in [0.25, 0.3) is 0 Å². The first kappa shape index (κ1) is 12.4. The second-order valence-electron chi connectivity index (χ2n) is 3.03. The van der Waals surface area contributed by atoms with Crippen LogP contribution in [-0.2, 0) is 6.54 Å². The van der Waals surface area contributed by atoms with Gasteiger partial charge in [0.05, 0.1) is 5.69 Å². The van der Waals surface area contributed by atoms with Crippen LogP contribution < -0.4 is 5.32 Å². The first-order valence-corrected chi connectivity index (χ1v) is 7.23. The van der Waals surface area contributed by atoms with E-state index in [1.165, 1.54) is 4.88 Å². The van der Waals surface area contributed by atoms with Crippen LogP contribution in [0.4, 0.5) is 5.69 Å². The van der Waals surface area contributed by atoms with E-state index in [4.69, 9.17) is 11.6 Å². The summed E-state index contributed by atoms with van der Waals surface area (Å²) in [7, 11) is 0. The zero-order chi connectivity index (χ0) is 11.5. The van der Waals surface area contributed by atoms with Gasteiger partial charge in [0.15, 0.2) is 0 Å². The third kappa shape index (κ3) is 2.97. The molecule has 0 atom stereocenters. The SMILES string of the molecule is Clc1sc(CNc2cccnc2Br)cc1Br. The van der Waals surface area contributed by atoms with Gasteiger partial charge >= 0.3 is 0 Å². The number of anilines is 1. The minimum absolute atomic E-state index is 0.736. The number of nitrogens with zero attached hydrogens (tertiary/aromatic N) is 1. The summed E-state index contributed by atoms with van der Waals surface area (Å²) in [5, 5.41) is 3.29. The van der Waals surface area contributed by atoms with E-state index in [9.17, 15) is 0 Å². The average molecular weight is 383 g/mol. The van der Waals surface area contributed by atoms with Crippen molar-refractivity contribution in [1.82, 2.24) is 4.98 Å². The smallest absolute Gasteiger partial charge is 0.129 e. The number of hydrogen-bond donors (Lipinski definition) is 1. The molecule has 0 unspecified atom stereocenters. The highest BCUT2D eigenvalue weighted by Crippen LogP contribution is 2.32. The van der Waals surface area contributed by atoms with E-state index >= 15 is 0 Å². The van der Waals surface area contributed by atoms with Gasteiger partial charge in [-0.2, -0.15) is 0 Å². The molecule has 0 fully saturated rings. The van der Waals surface area contributed by atoms with Crippen LogP contribution in [0.2, 0.25) is 4.34 Å². The fraction of sp³-hybridized carbons (Fsp3) is 0.100. The molecule has 2 nitrogen and oxygen atoms in total. The molecule has 84 valence electrons. The van der Waals surface area contributed by atoms with Crippen LogP contribution in [0.1, 0.15) is 4.88 Å². The van der Waals surface area contributed by atoms with Gasteiger partial charge in [0.2, 0.25) is 0 Å². The third-order valence-corrected chi connectivity index (χ3v) is 5.01. The lowest BCUT2D eigenvalue weighted by molar-refractivity contribution is 1.16. The maximum Gasteiger partial charge on any atom is 0.129 e. The summed E-state index contributed by atoms with van der Waals surface area (Å²) in [5.41, 5.74) is 0.975. The molecule has 0 aliphatic rings. The van der Waals surface area contributed by atoms with E-state index in [1.54, 1.807) is 17.5 Å². The Labute approximate surface area is 119 Å². The van der Waals surface area contributed by atoms with Gasteiger partial charge in [0.1, 0.15) is 8.94 Å². The molecule has 0 aliphatic carbocycles. The predicted molar refractivity (Wildman–Crippen MR) is 76.3 cm³/mol. The van der Waals surface area contributed by atoms with Crippen molar-refractivity contribution in [3.63, 3.8) is 0 Å². The molecule has 2 aromatic rings. The largest absolute Gasteiger partial charge is 0.378 e. The van der Waals surface area contributed by atoms with Gasteiger partial charge in [-0.05, 0) is 50.1 Å². The molecular weight excluding hydrogens is 375 g/mol. The van der Waals surface area contributed by atoms with Crippen molar-refractivity contribution in [3.8, 4) is 0 Å². The monoisotopic (exact) mass is 380 g/mol. The van der Waals surface area contributed by atoms with Gasteiger partial charge < -0.3 is 5.32 Å². The summed E-state index contributed by atoms with van der Waals surface area (Å²) in [6.45, 7) is 0.736. The van der Waals surface area contributed by atoms with Crippen molar-refractivity contribution in [2.24, 2.45) is 0 Å². The topological polar surface area (TPSA) is 24.9 Å². The summed E-state index contributed by atoms with van der Waals surface area (Å²) >= 11 is 14.3. The molecule has 0 aromatic carbocycles. The fourth-order valence-corrected chi connectivity index (χ4v) is 3.30. The molecule has 0 spiro atoms. The number of aromatic nitrogens is 1. The maximum atomic E-state index is 5.96. The Balaban J connectivity index is 2.05. The molecule has 2 aromatic heterocycles. The van der Waals surface area contributed by atoms with Crippen molar-refractivity contribution in [3.05, 3.63) is 42.7 Å². The molecule has 0 amide bonds. The normalized spacial score (nSPS) is 10.4. The van der Waals surface area contributed by atoms with Gasteiger partial charge in [0, 0.05) is 22.1 Å². The Morgan fingerprint density at radius 2 is 2.25 bits per heavy atom. The summed E-state index contributed by atoms with van der Waals surface area (Å²) in [5.74, 6) is 0. The van der Waals surface area contributed by atoms with E-state index in [1.807, 2.05) is 18.2 Å². The Morgan fingerprint density at radius 1 is 1.44 bits per heavy atom. The number of rotatable bonds is 3. The summed E-state index contributed by atoms with van der Waals surface area (Å²) in [4.78, 5) is 5.31. The van der Waals surface area contributed by atoms with Crippen LogP contribution in [-0.4, -0.2) is 4.98 Å². The average Bonchev–Trinajstić information content (AvgIpc) is 2.57. The molecule has 1 N–H and O–H groups in total. The minimum Gasteiger partial charge on any atom is -0.378 e. The van der Waals surface area contributed by atoms with E-state index in [2.05, 4.69) is 42.2 Å². The van der Waals surface area contributed by atoms with Crippen molar-refractivity contribution in [2.75, 3.05) is 5.32 Å². The highest BCUT2D eigenvalue weighted by Gasteiger charge is 2.05. The van der Waals surface area contributed by atoms with E-state index in [0.29, 0.717) is 0 Å². The van der Waals surface area contributed by atoms with Gasteiger partial charge in [-0.3, -0.25) is 0 Å². The summed E-state index contributed by atoms with van der Waals surface area (Å²) in [6.07, 6.45) is 1.74. The first-order chi connectivity index (χ1) is 7.66. The standard InChI is InChI=1S/C10H7Br2ClN2S/c11-7-4-6(16-10(7)13)5-15-8-2-1-3-14-9(8)12/h1-4,15H,5H2. The van der Waals surface area contributed by atoms with Gasteiger partial charge in [-0.15, -0.1) is 11.3 Å². The maximum absolute atomic E-state index is 5.96. The molecule has 0 aliphatic heterocycles. The first-order valence-electron chi connectivity index (χ1n) is 4.45. The number of thiophene rings is 1. The summed E-state index contributed by atoms with van der Waals surface area (Å²) < 4.78 is 2.54. The lowest BCUT2D eigenvalue weighted by Gasteiger charge is -2.05. The third-order valence-electron chi connectivity index (χ3n) is 1.91. The molecular formula is C10H7Br2ClN2S. The Morgan fingerprint density at radius 3 is 2.88 bits per heavy atom. The molecule has 0 saturated heterocycles. The zero-order valence-electron chi connectivity index (χ0n) is 8.01. The fourth-order valence-electron chi connectivity index (χ4n) is 1.18. The lowest BCUT2D eigenvalue weighted by Crippen LogP contribution is -1.98. The Bertz CT molecular complexity index is 482. The number of pyridine rings is 1.